The van der Waals surface area contributed by atoms with Crippen molar-refractivity contribution in [3.8, 4) is 0 Å². The van der Waals surface area contributed by atoms with Crippen LogP contribution in [0.25, 0.3) is 5.57 Å². The van der Waals surface area contributed by atoms with Gasteiger partial charge in [-0.25, -0.2) is 9.98 Å². The first-order valence-electron chi connectivity index (χ1n) is 9.08. The lowest BCUT2D eigenvalue weighted by atomic mass is 9.92. The van der Waals surface area contributed by atoms with Crippen molar-refractivity contribution in [1.82, 2.24) is 0 Å². The summed E-state index contributed by atoms with van der Waals surface area (Å²) in [6.07, 6.45) is 1.81. The van der Waals surface area contributed by atoms with Crippen molar-refractivity contribution < 1.29 is 4.74 Å². The number of dihydropyridines is 1. The van der Waals surface area contributed by atoms with Crippen molar-refractivity contribution in [3.63, 3.8) is 0 Å². The molecule has 0 unspecified atom stereocenters. The number of aliphatic imine (C=N–C) groups is 2. The number of allylic oxidation sites excluding steroid dienone is 1. The highest BCUT2D eigenvalue weighted by molar-refractivity contribution is 6.14. The molecule has 0 saturated carbocycles. The summed E-state index contributed by atoms with van der Waals surface area (Å²) in [5.74, 6) is 0.658. The van der Waals surface area contributed by atoms with Crippen molar-refractivity contribution in [2.24, 2.45) is 9.98 Å². The van der Waals surface area contributed by atoms with Gasteiger partial charge in [-0.1, -0.05) is 78.9 Å². The van der Waals surface area contributed by atoms with E-state index in [0.29, 0.717) is 5.90 Å². The molecule has 0 fully saturated rings. The molecule has 0 aromatic heterocycles. The van der Waals surface area contributed by atoms with Gasteiger partial charge >= 0.3 is 0 Å². The van der Waals surface area contributed by atoms with E-state index in [0.717, 1.165) is 28.0 Å². The second kappa shape index (κ2) is 6.69. The highest BCUT2D eigenvalue weighted by Crippen LogP contribution is 2.34. The van der Waals surface area contributed by atoms with Gasteiger partial charge in [-0.2, -0.15) is 0 Å². The van der Waals surface area contributed by atoms with Crippen LogP contribution in [0.5, 0.6) is 0 Å². The maximum Gasteiger partial charge on any atom is 0.219 e. The number of benzene rings is 3. The smallest absolute Gasteiger partial charge is 0.219 e. The molecule has 0 aliphatic carbocycles. The molecule has 2 heterocycles. The molecular formula is C24H18N2O. The van der Waals surface area contributed by atoms with E-state index in [4.69, 9.17) is 14.7 Å². The number of nitrogens with zero attached hydrogens (tertiary/aromatic N) is 2. The molecule has 0 saturated heterocycles. The molecule has 5 rings (SSSR count). The average Bonchev–Trinajstić information content (AvgIpc) is 3.19. The first kappa shape index (κ1) is 15.8. The van der Waals surface area contributed by atoms with Gasteiger partial charge in [0.15, 0.2) is 0 Å². The van der Waals surface area contributed by atoms with Crippen LogP contribution in [-0.2, 0) is 4.74 Å². The van der Waals surface area contributed by atoms with Crippen molar-refractivity contribution in [2.75, 3.05) is 0 Å². The van der Waals surface area contributed by atoms with E-state index in [1.165, 1.54) is 0 Å². The fourth-order valence-electron chi connectivity index (χ4n) is 3.50. The molecule has 3 heteroatoms. The van der Waals surface area contributed by atoms with E-state index < -0.39 is 0 Å². The molecule has 3 aromatic carbocycles. The van der Waals surface area contributed by atoms with Crippen molar-refractivity contribution in [2.45, 2.75) is 12.3 Å². The molecule has 3 nitrogen and oxygen atoms in total. The lowest BCUT2D eigenvalue weighted by Gasteiger charge is -2.23. The van der Waals surface area contributed by atoms with E-state index in [2.05, 4.69) is 42.5 Å². The van der Waals surface area contributed by atoms with Crippen molar-refractivity contribution >= 4 is 17.2 Å². The zero-order valence-corrected chi connectivity index (χ0v) is 14.7. The van der Waals surface area contributed by atoms with E-state index >= 15 is 0 Å². The summed E-state index contributed by atoms with van der Waals surface area (Å²) in [5, 5.41) is 0. The lowest BCUT2D eigenvalue weighted by molar-refractivity contribution is 0.218. The number of fused-ring (bicyclic) bond motifs is 1. The van der Waals surface area contributed by atoms with E-state index in [9.17, 15) is 0 Å². The molecule has 130 valence electrons. The van der Waals surface area contributed by atoms with Crippen LogP contribution >= 0.6 is 0 Å². The summed E-state index contributed by atoms with van der Waals surface area (Å²) in [6, 6.07) is 30.5. The molecule has 0 spiro atoms. The Morgan fingerprint density at radius 3 is 1.78 bits per heavy atom. The van der Waals surface area contributed by atoms with Gasteiger partial charge < -0.3 is 4.74 Å². The van der Waals surface area contributed by atoms with Crippen LogP contribution in [0.15, 0.2) is 107 Å². The molecule has 0 N–H and O–H groups in total. The average molecular weight is 350 g/mol. The zero-order chi connectivity index (χ0) is 18.1. The summed E-state index contributed by atoms with van der Waals surface area (Å²) in [7, 11) is 0. The fourth-order valence-corrected chi connectivity index (χ4v) is 3.50. The Kier molecular flexibility index (Phi) is 3.91. The molecule has 2 atom stereocenters. The third-order valence-corrected chi connectivity index (χ3v) is 4.83. The Labute approximate surface area is 158 Å². The van der Waals surface area contributed by atoms with Crippen LogP contribution in [0.1, 0.15) is 16.7 Å². The molecule has 0 amide bonds. The second-order valence-corrected chi connectivity index (χ2v) is 6.60. The summed E-state index contributed by atoms with van der Waals surface area (Å²) < 4.78 is 6.18. The molecule has 0 bridgehead atoms. The Hall–Kier alpha value is -3.46. The summed E-state index contributed by atoms with van der Waals surface area (Å²) >= 11 is 0. The minimum absolute atomic E-state index is 0.130. The highest BCUT2D eigenvalue weighted by atomic mass is 16.5. The minimum atomic E-state index is -0.337. The van der Waals surface area contributed by atoms with Crippen LogP contribution in [-0.4, -0.2) is 23.9 Å². The predicted molar refractivity (Wildman–Crippen MR) is 109 cm³/mol. The van der Waals surface area contributed by atoms with E-state index in [1.54, 1.807) is 0 Å². The Bertz CT molecular complexity index is 1040. The van der Waals surface area contributed by atoms with Crippen LogP contribution in [0.2, 0.25) is 0 Å². The van der Waals surface area contributed by atoms with Crippen molar-refractivity contribution in [1.29, 1.82) is 0 Å². The van der Waals surface area contributed by atoms with Crippen LogP contribution in [0.4, 0.5) is 0 Å². The Morgan fingerprint density at radius 1 is 0.593 bits per heavy atom. The van der Waals surface area contributed by atoms with Gasteiger partial charge in [-0.05, 0) is 34.9 Å². The van der Waals surface area contributed by atoms with E-state index in [1.807, 2.05) is 54.6 Å². The van der Waals surface area contributed by atoms with E-state index in [-0.39, 0.29) is 12.3 Å². The minimum Gasteiger partial charge on any atom is -0.449 e. The van der Waals surface area contributed by atoms with Crippen LogP contribution < -0.4 is 0 Å². The van der Waals surface area contributed by atoms with Gasteiger partial charge in [0.1, 0.15) is 6.04 Å². The monoisotopic (exact) mass is 350 g/mol. The Morgan fingerprint density at radius 2 is 1.15 bits per heavy atom. The van der Waals surface area contributed by atoms with Gasteiger partial charge in [0, 0.05) is 5.56 Å². The van der Waals surface area contributed by atoms with Gasteiger partial charge in [0.2, 0.25) is 12.1 Å². The Balaban J connectivity index is 1.60. The summed E-state index contributed by atoms with van der Waals surface area (Å²) in [4.78, 5) is 9.75. The molecular weight excluding hydrogens is 332 g/mol. The number of hydrogen-bond donors (Lipinski definition) is 0. The van der Waals surface area contributed by atoms with Crippen LogP contribution in [0, 0.1) is 0 Å². The predicted octanol–water partition coefficient (Wildman–Crippen LogP) is 4.74. The number of rotatable bonds is 3. The standard InChI is InChI=1S/C24H18N2O/c1-4-10-17(11-5-1)20-16-21(18-12-6-2-7-13-18)25-24-22(20)26-23(27-24)19-14-8-3-9-15-19/h1-16,22,24H/t22-,24-/m1/s1. The van der Waals surface area contributed by atoms with Crippen molar-refractivity contribution in [3.05, 3.63) is 114 Å². The normalized spacial score (nSPS) is 20.8. The van der Waals surface area contributed by atoms with Gasteiger partial charge in [-0.3, -0.25) is 0 Å². The van der Waals surface area contributed by atoms with Gasteiger partial charge in [0.25, 0.3) is 0 Å². The molecule has 27 heavy (non-hydrogen) atoms. The zero-order valence-electron chi connectivity index (χ0n) is 14.7. The molecule has 2 aliphatic rings. The topological polar surface area (TPSA) is 34.0 Å². The fraction of sp³-hybridized carbons (Fsp3) is 0.0833. The first-order chi connectivity index (χ1) is 13.4. The summed E-state index contributed by atoms with van der Waals surface area (Å²) in [5.41, 5.74) is 5.29. The quantitative estimate of drug-likeness (QED) is 0.671. The van der Waals surface area contributed by atoms with Gasteiger partial charge in [-0.15, -0.1) is 0 Å². The number of hydrogen-bond acceptors (Lipinski definition) is 3. The molecule has 0 radical (unpaired) electrons. The maximum atomic E-state index is 6.18. The highest BCUT2D eigenvalue weighted by Gasteiger charge is 2.37. The first-order valence-corrected chi connectivity index (χ1v) is 9.08. The second-order valence-electron chi connectivity index (χ2n) is 6.60. The van der Waals surface area contributed by atoms with Crippen LogP contribution in [0.3, 0.4) is 0 Å². The number of ether oxygens (including phenoxy) is 1. The molecule has 2 aliphatic heterocycles. The molecule has 3 aromatic rings. The maximum absolute atomic E-state index is 6.18. The summed E-state index contributed by atoms with van der Waals surface area (Å²) in [6.45, 7) is 0. The third-order valence-electron chi connectivity index (χ3n) is 4.83. The lowest BCUT2D eigenvalue weighted by Crippen LogP contribution is -2.27. The largest absolute Gasteiger partial charge is 0.449 e. The third kappa shape index (κ3) is 2.97. The van der Waals surface area contributed by atoms with Gasteiger partial charge in [0.05, 0.1) is 5.71 Å². The SMILES string of the molecule is C1=C(c2ccccc2)[C@H]2N=C(c3ccccc3)O[C@H]2N=C1c1ccccc1.